The Kier molecular flexibility index (Phi) is 69.4. The number of amides is 1. The first-order chi connectivity index (χ1) is 40.5. The van der Waals surface area contributed by atoms with E-state index in [2.05, 4.69) is 67.8 Å². The second-order valence-electron chi connectivity index (χ2n) is 25.3. The maximum Gasteiger partial charge on any atom is 0.305 e. The molecule has 0 aliphatic heterocycles. The maximum absolute atomic E-state index is 12.6. The number of carbonyl (C=O) groups excluding carboxylic acids is 2. The number of rotatable bonds is 69. The van der Waals surface area contributed by atoms with Crippen molar-refractivity contribution in [2.75, 3.05) is 13.2 Å². The topological polar surface area (TPSA) is 95.9 Å². The summed E-state index contributed by atoms with van der Waals surface area (Å²) in [5.74, 6) is -0.0344. The minimum atomic E-state index is -0.667. The van der Waals surface area contributed by atoms with E-state index in [0.29, 0.717) is 25.9 Å². The molecular weight excluding hydrogens is 1010 g/mol. The van der Waals surface area contributed by atoms with Gasteiger partial charge in [0.25, 0.3) is 0 Å². The second kappa shape index (κ2) is 71.3. The highest BCUT2D eigenvalue weighted by atomic mass is 16.5. The number of hydrogen-bond donors (Lipinski definition) is 3. The van der Waals surface area contributed by atoms with Crippen LogP contribution in [-0.4, -0.2) is 47.4 Å². The van der Waals surface area contributed by atoms with Crippen LogP contribution in [0.1, 0.15) is 399 Å². The molecule has 0 aliphatic rings. The lowest BCUT2D eigenvalue weighted by molar-refractivity contribution is -0.143. The van der Waals surface area contributed by atoms with Crippen LogP contribution in [0.25, 0.3) is 0 Å². The van der Waals surface area contributed by atoms with Gasteiger partial charge in [-0.2, -0.15) is 0 Å². The third-order valence-corrected chi connectivity index (χ3v) is 17.1. The Bertz CT molecular complexity index is 1370. The number of ether oxygens (including phenoxy) is 1. The molecule has 2 atom stereocenters. The Morgan fingerprint density at radius 3 is 0.963 bits per heavy atom. The Labute approximate surface area is 512 Å². The van der Waals surface area contributed by atoms with E-state index in [-0.39, 0.29) is 18.5 Å². The average molecular weight is 1150 g/mol. The zero-order valence-electron chi connectivity index (χ0n) is 55.2. The Morgan fingerprint density at radius 1 is 0.341 bits per heavy atom. The Hall–Kier alpha value is -2.18. The maximum atomic E-state index is 12.6. The van der Waals surface area contributed by atoms with Crippen LogP contribution in [0.4, 0.5) is 0 Å². The average Bonchev–Trinajstić information content (AvgIpc) is 3.48. The molecule has 0 radical (unpaired) electrons. The van der Waals surface area contributed by atoms with Gasteiger partial charge in [-0.3, -0.25) is 9.59 Å². The van der Waals surface area contributed by atoms with E-state index in [9.17, 15) is 19.8 Å². The second-order valence-corrected chi connectivity index (χ2v) is 25.3. The first kappa shape index (κ1) is 79.8. The molecule has 0 rings (SSSR count). The number of aliphatic hydroxyl groups excluding tert-OH is 2. The van der Waals surface area contributed by atoms with E-state index in [1.165, 1.54) is 308 Å². The van der Waals surface area contributed by atoms with Gasteiger partial charge in [-0.15, -0.1) is 0 Å². The van der Waals surface area contributed by atoms with E-state index in [1.54, 1.807) is 0 Å². The number of aliphatic hydroxyl groups is 2. The molecule has 6 nitrogen and oxygen atoms in total. The molecule has 0 heterocycles. The van der Waals surface area contributed by atoms with Crippen LogP contribution in [0.3, 0.4) is 0 Å². The fourth-order valence-corrected chi connectivity index (χ4v) is 11.5. The molecule has 1 amide bonds. The lowest BCUT2D eigenvalue weighted by atomic mass is 10.0. The van der Waals surface area contributed by atoms with Gasteiger partial charge in [0.05, 0.1) is 25.4 Å². The summed E-state index contributed by atoms with van der Waals surface area (Å²) in [6, 6.07) is -0.544. The van der Waals surface area contributed by atoms with Gasteiger partial charge in [-0.25, -0.2) is 0 Å². The largest absolute Gasteiger partial charge is 0.466 e. The molecule has 82 heavy (non-hydrogen) atoms. The molecule has 482 valence electrons. The highest BCUT2D eigenvalue weighted by Crippen LogP contribution is 2.19. The zero-order valence-corrected chi connectivity index (χ0v) is 55.2. The van der Waals surface area contributed by atoms with E-state index in [1.807, 2.05) is 0 Å². The molecule has 6 heteroatoms. The number of nitrogens with one attached hydrogen (secondary N) is 1. The molecule has 0 aliphatic carbocycles. The van der Waals surface area contributed by atoms with Crippen molar-refractivity contribution in [2.45, 2.75) is 411 Å². The summed E-state index contributed by atoms with van der Waals surface area (Å²) in [5, 5.41) is 23.4. The summed E-state index contributed by atoms with van der Waals surface area (Å²) in [5.41, 5.74) is 0. The van der Waals surface area contributed by atoms with Crippen LogP contribution < -0.4 is 5.32 Å². The van der Waals surface area contributed by atoms with Crippen LogP contribution in [-0.2, 0) is 14.3 Å². The molecule has 0 saturated heterocycles. The normalized spacial score (nSPS) is 12.8. The molecule has 0 spiro atoms. The molecule has 0 fully saturated rings. The Balaban J connectivity index is 3.41. The van der Waals surface area contributed by atoms with E-state index >= 15 is 0 Å². The fraction of sp³-hybridized carbons (Fsp3) is 0.868. The Morgan fingerprint density at radius 2 is 0.622 bits per heavy atom. The summed E-state index contributed by atoms with van der Waals surface area (Å²) in [4.78, 5) is 24.6. The quantitative estimate of drug-likeness (QED) is 0.0320. The van der Waals surface area contributed by atoms with Gasteiger partial charge in [0.1, 0.15) is 0 Å². The SMILES string of the molecule is CCCC/C=C\C/C=C\CCCCCCCC(=O)OCCCCCCCCCCC/C=C\C/C=C\CCCCCCCCCCCCCCCC(=O)NC(CO)C(O)CCCCCCCCCCCCCCCCCCCCCCCC. The first-order valence-corrected chi connectivity index (χ1v) is 36.9. The predicted octanol–water partition coefficient (Wildman–Crippen LogP) is 24.0. The molecule has 0 saturated carbocycles. The van der Waals surface area contributed by atoms with Crippen molar-refractivity contribution in [3.8, 4) is 0 Å². The van der Waals surface area contributed by atoms with Crippen LogP contribution in [0.5, 0.6) is 0 Å². The molecule has 3 N–H and O–H groups in total. The first-order valence-electron chi connectivity index (χ1n) is 36.9. The van der Waals surface area contributed by atoms with Gasteiger partial charge in [-0.1, -0.05) is 351 Å². The van der Waals surface area contributed by atoms with Crippen molar-refractivity contribution in [2.24, 2.45) is 0 Å². The van der Waals surface area contributed by atoms with Gasteiger partial charge in [0.2, 0.25) is 5.91 Å². The van der Waals surface area contributed by atoms with Gasteiger partial charge in [0.15, 0.2) is 0 Å². The monoisotopic (exact) mass is 1150 g/mol. The standard InChI is InChI=1S/C76H143NO5/c1-3-5-7-9-11-13-15-17-19-20-21-22-32-35-38-41-44-48-52-56-60-64-68-74(79)73(72-78)77-75(80)69-65-61-57-53-49-45-42-39-36-33-30-28-26-24-23-25-27-29-31-34-37-40-43-47-51-55-59-63-67-71-82-76(81)70-66-62-58-54-50-46-18-16-14-12-10-8-6-4-2/h10,12,16,18,23,25,29,31,73-74,78-79H,3-9,11,13-15,17,19-22,24,26-28,30,32-72H2,1-2H3,(H,77,80)/b12-10-,18-16-,25-23-,31-29-. The van der Waals surface area contributed by atoms with Gasteiger partial charge >= 0.3 is 5.97 Å². The number of hydrogen-bond acceptors (Lipinski definition) is 5. The van der Waals surface area contributed by atoms with E-state index in [4.69, 9.17) is 4.74 Å². The summed E-state index contributed by atoms with van der Waals surface area (Å²) in [6.07, 6.45) is 93.1. The molecule has 0 bridgehead atoms. The predicted molar refractivity (Wildman–Crippen MR) is 361 cm³/mol. The van der Waals surface area contributed by atoms with Crippen molar-refractivity contribution in [3.63, 3.8) is 0 Å². The minimum Gasteiger partial charge on any atom is -0.466 e. The van der Waals surface area contributed by atoms with Crippen LogP contribution in [0.2, 0.25) is 0 Å². The molecule has 2 unspecified atom stereocenters. The lowest BCUT2D eigenvalue weighted by Gasteiger charge is -2.22. The highest BCUT2D eigenvalue weighted by Gasteiger charge is 2.20. The van der Waals surface area contributed by atoms with Gasteiger partial charge in [-0.05, 0) is 83.5 Å². The molecular formula is C76H143NO5. The van der Waals surface area contributed by atoms with Gasteiger partial charge in [0, 0.05) is 12.8 Å². The van der Waals surface area contributed by atoms with Crippen molar-refractivity contribution in [1.82, 2.24) is 5.32 Å². The van der Waals surface area contributed by atoms with Crippen LogP contribution in [0.15, 0.2) is 48.6 Å². The van der Waals surface area contributed by atoms with E-state index < -0.39 is 12.1 Å². The molecule has 0 aromatic rings. The summed E-state index contributed by atoms with van der Waals surface area (Å²) in [7, 11) is 0. The van der Waals surface area contributed by atoms with Gasteiger partial charge < -0.3 is 20.3 Å². The smallest absolute Gasteiger partial charge is 0.305 e. The van der Waals surface area contributed by atoms with Crippen molar-refractivity contribution < 1.29 is 24.5 Å². The molecule has 0 aromatic heterocycles. The third kappa shape index (κ3) is 67.0. The highest BCUT2D eigenvalue weighted by molar-refractivity contribution is 5.76. The zero-order chi connectivity index (χ0) is 59.2. The minimum absolute atomic E-state index is 0.00238. The van der Waals surface area contributed by atoms with Crippen LogP contribution in [0, 0.1) is 0 Å². The summed E-state index contributed by atoms with van der Waals surface area (Å²) >= 11 is 0. The third-order valence-electron chi connectivity index (χ3n) is 17.1. The lowest BCUT2D eigenvalue weighted by Crippen LogP contribution is -2.45. The number of allylic oxidation sites excluding steroid dienone is 8. The number of esters is 1. The van der Waals surface area contributed by atoms with Crippen molar-refractivity contribution in [1.29, 1.82) is 0 Å². The molecule has 0 aromatic carbocycles. The summed E-state index contributed by atoms with van der Waals surface area (Å²) < 4.78 is 5.48. The van der Waals surface area contributed by atoms with Crippen LogP contribution >= 0.6 is 0 Å². The number of carbonyl (C=O) groups is 2. The van der Waals surface area contributed by atoms with E-state index in [0.717, 1.165) is 57.8 Å². The number of unbranched alkanes of at least 4 members (excludes halogenated alkanes) is 50. The van der Waals surface area contributed by atoms with Crippen molar-refractivity contribution >= 4 is 11.9 Å². The summed E-state index contributed by atoms with van der Waals surface area (Å²) in [6.45, 7) is 4.94. The fourth-order valence-electron chi connectivity index (χ4n) is 11.5. The van der Waals surface area contributed by atoms with Crippen molar-refractivity contribution in [3.05, 3.63) is 48.6 Å².